The number of para-hydroxylation sites is 1. The number of halogens is 1. The van der Waals surface area contributed by atoms with Crippen LogP contribution in [0.5, 0.6) is 0 Å². The molecule has 1 unspecified atom stereocenters. The third-order valence-corrected chi connectivity index (χ3v) is 3.25. The van der Waals surface area contributed by atoms with Crippen molar-refractivity contribution in [2.45, 2.75) is 18.9 Å². The van der Waals surface area contributed by atoms with Gasteiger partial charge in [-0.1, -0.05) is 12.6 Å². The Bertz CT molecular complexity index is 744. The highest BCUT2D eigenvalue weighted by Gasteiger charge is 2.27. The van der Waals surface area contributed by atoms with Crippen LogP contribution in [0.4, 0.5) is 4.39 Å². The number of nitrogens with one attached hydrogen (secondary N) is 1. The first-order valence-electron chi connectivity index (χ1n) is 5.86. The van der Waals surface area contributed by atoms with Crippen molar-refractivity contribution in [3.63, 3.8) is 0 Å². The molecule has 5 nitrogen and oxygen atoms in total. The van der Waals surface area contributed by atoms with Crippen molar-refractivity contribution >= 4 is 17.0 Å². The van der Waals surface area contributed by atoms with Gasteiger partial charge in [-0.25, -0.2) is 9.18 Å². The van der Waals surface area contributed by atoms with Crippen LogP contribution in [0.15, 0.2) is 39.7 Å². The highest BCUT2D eigenvalue weighted by molar-refractivity contribution is 5.79. The second kappa shape index (κ2) is 4.08. The van der Waals surface area contributed by atoms with Crippen LogP contribution in [-0.2, 0) is 4.79 Å². The van der Waals surface area contributed by atoms with Crippen molar-refractivity contribution in [3.8, 4) is 0 Å². The first-order valence-corrected chi connectivity index (χ1v) is 5.86. The largest absolute Gasteiger partial charge is 0.420 e. The van der Waals surface area contributed by atoms with Crippen LogP contribution in [0.3, 0.4) is 0 Å². The molecule has 1 aromatic carbocycles. The maximum Gasteiger partial charge on any atom is 0.420 e. The van der Waals surface area contributed by atoms with Crippen molar-refractivity contribution in [3.05, 3.63) is 46.8 Å². The number of hydrogen-bond donors (Lipinski definition) is 1. The third kappa shape index (κ3) is 1.76. The summed E-state index contributed by atoms with van der Waals surface area (Å²) in [6.07, 6.45) is 0.730. The molecule has 1 aromatic heterocycles. The molecule has 98 valence electrons. The molecule has 1 aliphatic rings. The fourth-order valence-corrected chi connectivity index (χ4v) is 2.37. The zero-order valence-electron chi connectivity index (χ0n) is 9.98. The van der Waals surface area contributed by atoms with E-state index in [9.17, 15) is 14.0 Å². The molecule has 1 N–H and O–H groups in total. The van der Waals surface area contributed by atoms with Crippen LogP contribution in [0.25, 0.3) is 11.1 Å². The highest BCUT2D eigenvalue weighted by Crippen LogP contribution is 2.28. The highest BCUT2D eigenvalue weighted by atomic mass is 19.1. The minimum Gasteiger partial charge on any atom is -0.405 e. The zero-order chi connectivity index (χ0) is 13.6. The molecule has 1 fully saturated rings. The Morgan fingerprint density at radius 1 is 1.42 bits per heavy atom. The van der Waals surface area contributed by atoms with Crippen molar-refractivity contribution < 1.29 is 13.6 Å². The van der Waals surface area contributed by atoms with Gasteiger partial charge in [0.15, 0.2) is 11.4 Å². The van der Waals surface area contributed by atoms with Crippen LogP contribution in [0.2, 0.25) is 0 Å². The normalized spacial score (nSPS) is 19.7. The van der Waals surface area contributed by atoms with E-state index in [0.717, 1.165) is 0 Å². The van der Waals surface area contributed by atoms with Gasteiger partial charge < -0.3 is 9.73 Å². The Labute approximate surface area is 107 Å². The molecular formula is C13H11FN2O3. The lowest BCUT2D eigenvalue weighted by atomic mass is 10.0. The summed E-state index contributed by atoms with van der Waals surface area (Å²) in [5.74, 6) is -1.37. The van der Waals surface area contributed by atoms with E-state index in [2.05, 4.69) is 11.9 Å². The number of nitrogens with zero attached hydrogens (tertiary/aromatic N) is 1. The van der Waals surface area contributed by atoms with E-state index in [1.165, 1.54) is 16.7 Å². The monoisotopic (exact) mass is 262 g/mol. The third-order valence-electron chi connectivity index (χ3n) is 3.25. The van der Waals surface area contributed by atoms with Gasteiger partial charge >= 0.3 is 5.76 Å². The molecule has 1 aliphatic heterocycles. The first-order chi connectivity index (χ1) is 9.08. The molecule has 3 rings (SSSR count). The first kappa shape index (κ1) is 11.7. The number of carbonyl (C=O) groups is 1. The summed E-state index contributed by atoms with van der Waals surface area (Å²) >= 11 is 0. The van der Waals surface area contributed by atoms with Crippen molar-refractivity contribution in [2.75, 3.05) is 0 Å². The second-order valence-corrected chi connectivity index (χ2v) is 4.45. The number of benzene rings is 1. The molecule has 19 heavy (non-hydrogen) atoms. The second-order valence-electron chi connectivity index (χ2n) is 4.45. The Morgan fingerprint density at radius 3 is 2.95 bits per heavy atom. The number of allylic oxidation sites excluding steroid dienone is 1. The molecule has 1 saturated heterocycles. The van der Waals surface area contributed by atoms with E-state index in [4.69, 9.17) is 4.42 Å². The van der Waals surface area contributed by atoms with Crippen LogP contribution in [-0.4, -0.2) is 10.5 Å². The fraction of sp³-hybridized carbons (Fsp3) is 0.231. The van der Waals surface area contributed by atoms with E-state index in [1.54, 1.807) is 6.07 Å². The SMILES string of the molecule is C=C1NC(=O)CCC1n1c(=O)oc2c(F)cccc21. The van der Waals surface area contributed by atoms with Gasteiger partial charge in [0.1, 0.15) is 0 Å². The number of oxazole rings is 1. The van der Waals surface area contributed by atoms with E-state index < -0.39 is 17.6 Å². The maximum absolute atomic E-state index is 13.6. The average molecular weight is 262 g/mol. The topological polar surface area (TPSA) is 64.2 Å². The van der Waals surface area contributed by atoms with Gasteiger partial charge in [0.25, 0.3) is 0 Å². The van der Waals surface area contributed by atoms with Crippen LogP contribution < -0.4 is 11.1 Å². The van der Waals surface area contributed by atoms with E-state index in [1.807, 2.05) is 0 Å². The lowest BCUT2D eigenvalue weighted by Gasteiger charge is -2.25. The summed E-state index contributed by atoms with van der Waals surface area (Å²) in [4.78, 5) is 23.1. The molecule has 0 radical (unpaired) electrons. The van der Waals surface area contributed by atoms with Gasteiger partial charge in [0.05, 0.1) is 11.6 Å². The quantitative estimate of drug-likeness (QED) is 0.850. The minimum absolute atomic E-state index is 0.0720. The Hall–Kier alpha value is -2.37. The number of aromatic nitrogens is 1. The number of carbonyl (C=O) groups excluding carboxylic acids is 1. The molecule has 1 atom stereocenters. The van der Waals surface area contributed by atoms with Crippen molar-refractivity contribution in [1.82, 2.24) is 9.88 Å². The van der Waals surface area contributed by atoms with Gasteiger partial charge in [-0.05, 0) is 18.6 Å². The number of rotatable bonds is 1. The Balaban J connectivity index is 2.18. The van der Waals surface area contributed by atoms with Crippen LogP contribution in [0.1, 0.15) is 18.9 Å². The molecule has 2 heterocycles. The van der Waals surface area contributed by atoms with Crippen LogP contribution in [0, 0.1) is 5.82 Å². The predicted octanol–water partition coefficient (Wildman–Crippen LogP) is 1.70. The van der Waals surface area contributed by atoms with Gasteiger partial charge in [-0.2, -0.15) is 0 Å². The number of fused-ring (bicyclic) bond motifs is 1. The summed E-state index contributed by atoms with van der Waals surface area (Å²) in [7, 11) is 0. The predicted molar refractivity (Wildman–Crippen MR) is 66.0 cm³/mol. The number of piperidine rings is 1. The van der Waals surface area contributed by atoms with Crippen LogP contribution >= 0.6 is 0 Å². The molecular weight excluding hydrogens is 251 g/mol. The molecule has 0 spiro atoms. The minimum atomic E-state index is -0.651. The molecule has 1 amide bonds. The van der Waals surface area contributed by atoms with E-state index in [0.29, 0.717) is 17.6 Å². The summed E-state index contributed by atoms with van der Waals surface area (Å²) in [6, 6.07) is 3.93. The maximum atomic E-state index is 13.6. The van der Waals surface area contributed by atoms with E-state index in [-0.39, 0.29) is 17.9 Å². The van der Waals surface area contributed by atoms with Gasteiger partial charge in [0, 0.05) is 12.1 Å². The summed E-state index contributed by atoms with van der Waals surface area (Å²) in [5.41, 5.74) is 0.717. The van der Waals surface area contributed by atoms with Gasteiger partial charge in [0.2, 0.25) is 5.91 Å². The smallest absolute Gasteiger partial charge is 0.405 e. The Morgan fingerprint density at radius 2 is 2.21 bits per heavy atom. The molecule has 0 bridgehead atoms. The Kier molecular flexibility index (Phi) is 2.51. The zero-order valence-corrected chi connectivity index (χ0v) is 9.98. The summed E-state index contributed by atoms with van der Waals surface area (Å²) in [6.45, 7) is 3.75. The molecule has 2 aromatic rings. The average Bonchev–Trinajstić information content (AvgIpc) is 2.68. The molecule has 6 heteroatoms. The van der Waals surface area contributed by atoms with Crippen molar-refractivity contribution in [2.24, 2.45) is 0 Å². The van der Waals surface area contributed by atoms with E-state index >= 15 is 0 Å². The molecule has 0 aliphatic carbocycles. The lowest BCUT2D eigenvalue weighted by Crippen LogP contribution is -2.36. The molecule has 0 saturated carbocycles. The number of amides is 1. The fourth-order valence-electron chi connectivity index (χ4n) is 2.37. The summed E-state index contributed by atoms with van der Waals surface area (Å²) < 4.78 is 19.8. The van der Waals surface area contributed by atoms with Gasteiger partial charge in [-0.3, -0.25) is 9.36 Å². The van der Waals surface area contributed by atoms with Gasteiger partial charge in [-0.15, -0.1) is 0 Å². The lowest BCUT2D eigenvalue weighted by molar-refractivity contribution is -0.121. The van der Waals surface area contributed by atoms with Crippen molar-refractivity contribution in [1.29, 1.82) is 0 Å². The summed E-state index contributed by atoms with van der Waals surface area (Å²) in [5, 5.41) is 2.60. The standard InChI is InChI=1S/C13H11FN2O3/c1-7-9(5-6-11(17)15-7)16-10-4-2-3-8(14)12(10)19-13(16)18/h2-4,9H,1,5-6H2,(H,15,17). The number of hydrogen-bond acceptors (Lipinski definition) is 3.